The fraction of sp³-hybridized carbons (Fsp3) is 0.333. The predicted molar refractivity (Wildman–Crippen MR) is 95.8 cm³/mol. The van der Waals surface area contributed by atoms with Gasteiger partial charge in [0, 0.05) is 0 Å². The average Bonchev–Trinajstić information content (AvgIpc) is 2.65. The van der Waals surface area contributed by atoms with Gasteiger partial charge in [0.25, 0.3) is 0 Å². The van der Waals surface area contributed by atoms with E-state index in [1.54, 1.807) is 0 Å². The van der Waals surface area contributed by atoms with Crippen LogP contribution in [0.4, 0.5) is 26.3 Å². The Hall–Kier alpha value is -2.32. The molecule has 0 aromatic heterocycles. The van der Waals surface area contributed by atoms with E-state index in [0.717, 1.165) is 36.4 Å². The predicted octanol–water partition coefficient (Wildman–Crippen LogP) is 6.00. The second-order valence-corrected chi connectivity index (χ2v) is 6.78. The summed E-state index contributed by atoms with van der Waals surface area (Å²) < 4.78 is 77.4. The van der Waals surface area contributed by atoms with Crippen LogP contribution in [0.25, 0.3) is 0 Å². The normalized spacial score (nSPS) is 15.6. The first-order chi connectivity index (χ1) is 13.4. The molecule has 0 aliphatic heterocycles. The lowest BCUT2D eigenvalue weighted by atomic mass is 9.83. The molecule has 0 saturated carbocycles. The highest BCUT2D eigenvalue weighted by molar-refractivity contribution is 5.31. The molecule has 0 aliphatic carbocycles. The van der Waals surface area contributed by atoms with Gasteiger partial charge in [0.1, 0.15) is 0 Å². The number of benzene rings is 2. The minimum Gasteiger partial charge on any atom is -0.388 e. The van der Waals surface area contributed by atoms with Gasteiger partial charge in [-0.05, 0) is 54.7 Å². The average molecular weight is 418 g/mol. The minimum atomic E-state index is -4.59. The smallest absolute Gasteiger partial charge is 0.388 e. The van der Waals surface area contributed by atoms with Gasteiger partial charge in [0.05, 0.1) is 22.8 Å². The van der Waals surface area contributed by atoms with Crippen molar-refractivity contribution in [3.05, 3.63) is 83.4 Å². The van der Waals surface area contributed by atoms with Crippen molar-refractivity contribution in [2.24, 2.45) is 0 Å². The van der Waals surface area contributed by atoms with Gasteiger partial charge in [0.15, 0.2) is 0 Å². The van der Waals surface area contributed by atoms with Gasteiger partial charge in [-0.2, -0.15) is 26.3 Å². The van der Waals surface area contributed by atoms with E-state index >= 15 is 0 Å². The summed E-state index contributed by atoms with van der Waals surface area (Å²) >= 11 is 0. The van der Waals surface area contributed by atoms with Gasteiger partial charge in [-0.3, -0.25) is 0 Å². The van der Waals surface area contributed by atoms with Crippen molar-refractivity contribution in [1.82, 2.24) is 0 Å². The highest BCUT2D eigenvalue weighted by Gasteiger charge is 2.35. The van der Waals surface area contributed by atoms with Crippen molar-refractivity contribution < 1.29 is 36.6 Å². The molecule has 0 bridgehead atoms. The van der Waals surface area contributed by atoms with Gasteiger partial charge < -0.3 is 10.2 Å². The number of halogens is 6. The SMILES string of the molecule is C=CC[C@@](O)(CC[C@@H](O)c1cccc(C(F)(F)F)c1)c1cccc(C(F)(F)F)c1. The molecule has 29 heavy (non-hydrogen) atoms. The molecule has 0 heterocycles. The van der Waals surface area contributed by atoms with Gasteiger partial charge in [0.2, 0.25) is 0 Å². The van der Waals surface area contributed by atoms with Gasteiger partial charge >= 0.3 is 12.4 Å². The molecule has 2 rings (SSSR count). The van der Waals surface area contributed by atoms with Crippen molar-refractivity contribution in [2.45, 2.75) is 43.3 Å². The highest BCUT2D eigenvalue weighted by Crippen LogP contribution is 2.38. The van der Waals surface area contributed by atoms with Crippen LogP contribution in [-0.4, -0.2) is 10.2 Å². The van der Waals surface area contributed by atoms with E-state index in [2.05, 4.69) is 6.58 Å². The van der Waals surface area contributed by atoms with Crippen LogP contribution in [0.3, 0.4) is 0 Å². The van der Waals surface area contributed by atoms with Crippen molar-refractivity contribution in [3.8, 4) is 0 Å². The van der Waals surface area contributed by atoms with E-state index in [1.165, 1.54) is 18.2 Å². The quantitative estimate of drug-likeness (QED) is 0.428. The maximum absolute atomic E-state index is 13.0. The highest BCUT2D eigenvalue weighted by atomic mass is 19.4. The largest absolute Gasteiger partial charge is 0.416 e. The van der Waals surface area contributed by atoms with Gasteiger partial charge in [-0.25, -0.2) is 0 Å². The summed E-state index contributed by atoms with van der Waals surface area (Å²) in [4.78, 5) is 0. The van der Waals surface area contributed by atoms with E-state index < -0.39 is 35.2 Å². The molecular weight excluding hydrogens is 398 g/mol. The second-order valence-electron chi connectivity index (χ2n) is 6.78. The van der Waals surface area contributed by atoms with Crippen LogP contribution < -0.4 is 0 Å². The fourth-order valence-corrected chi connectivity index (χ4v) is 3.05. The Bertz CT molecular complexity index is 844. The molecule has 0 aliphatic rings. The maximum atomic E-state index is 13.0. The van der Waals surface area contributed by atoms with Crippen LogP contribution in [0.15, 0.2) is 61.2 Å². The van der Waals surface area contributed by atoms with Crippen LogP contribution in [0, 0.1) is 0 Å². The Balaban J connectivity index is 2.24. The molecule has 158 valence electrons. The van der Waals surface area contributed by atoms with Gasteiger partial charge in [-0.15, -0.1) is 6.58 Å². The number of aliphatic hydroxyl groups excluding tert-OH is 1. The van der Waals surface area contributed by atoms with Gasteiger partial charge in [-0.1, -0.05) is 30.3 Å². The number of hydrogen-bond donors (Lipinski definition) is 2. The maximum Gasteiger partial charge on any atom is 0.416 e. The van der Waals surface area contributed by atoms with E-state index in [0.29, 0.717) is 0 Å². The molecule has 0 fully saturated rings. The number of hydrogen-bond acceptors (Lipinski definition) is 2. The van der Waals surface area contributed by atoms with E-state index in [1.807, 2.05) is 0 Å². The Labute approximate surface area is 164 Å². The summed E-state index contributed by atoms with van der Waals surface area (Å²) in [5.74, 6) is 0. The molecule has 0 unspecified atom stereocenters. The van der Waals surface area contributed by atoms with Crippen LogP contribution in [0.5, 0.6) is 0 Å². The molecule has 0 amide bonds. The number of alkyl halides is 6. The van der Waals surface area contributed by atoms with Crippen LogP contribution in [0.1, 0.15) is 47.6 Å². The van der Waals surface area contributed by atoms with Crippen LogP contribution >= 0.6 is 0 Å². The monoisotopic (exact) mass is 418 g/mol. The van der Waals surface area contributed by atoms with E-state index in [4.69, 9.17) is 0 Å². The molecule has 2 aromatic rings. The summed E-state index contributed by atoms with van der Waals surface area (Å²) in [7, 11) is 0. The topological polar surface area (TPSA) is 40.5 Å². The molecule has 0 saturated heterocycles. The van der Waals surface area contributed by atoms with Crippen molar-refractivity contribution >= 4 is 0 Å². The zero-order chi connectivity index (χ0) is 21.9. The van der Waals surface area contributed by atoms with Crippen LogP contribution in [0.2, 0.25) is 0 Å². The molecule has 8 heteroatoms. The first-order valence-electron chi connectivity index (χ1n) is 8.73. The molecule has 0 radical (unpaired) electrons. The van der Waals surface area contributed by atoms with Crippen molar-refractivity contribution in [3.63, 3.8) is 0 Å². The summed E-state index contributed by atoms with van der Waals surface area (Å²) in [6.07, 6.45) is -9.61. The Morgan fingerprint density at radius 3 is 1.93 bits per heavy atom. The second kappa shape index (κ2) is 8.59. The Morgan fingerprint density at radius 2 is 1.38 bits per heavy atom. The third kappa shape index (κ3) is 5.83. The molecule has 2 atom stereocenters. The molecule has 2 aromatic carbocycles. The molecule has 2 N–H and O–H groups in total. The number of rotatable bonds is 7. The summed E-state index contributed by atoms with van der Waals surface area (Å²) in [5.41, 5.74) is -3.62. The molecule has 2 nitrogen and oxygen atoms in total. The van der Waals surface area contributed by atoms with Crippen LogP contribution in [-0.2, 0) is 18.0 Å². The summed E-state index contributed by atoms with van der Waals surface area (Å²) in [6, 6.07) is 8.33. The third-order valence-electron chi connectivity index (χ3n) is 4.64. The first-order valence-corrected chi connectivity index (χ1v) is 8.73. The van der Waals surface area contributed by atoms with Crippen molar-refractivity contribution in [1.29, 1.82) is 0 Å². The Morgan fingerprint density at radius 1 is 0.862 bits per heavy atom. The summed E-state index contributed by atoms with van der Waals surface area (Å²) in [5, 5.41) is 21.2. The fourth-order valence-electron chi connectivity index (χ4n) is 3.05. The lowest BCUT2D eigenvalue weighted by Gasteiger charge is -2.29. The lowest BCUT2D eigenvalue weighted by Crippen LogP contribution is -2.26. The van der Waals surface area contributed by atoms with E-state index in [9.17, 15) is 36.6 Å². The molecular formula is C21H20F6O2. The lowest BCUT2D eigenvalue weighted by molar-refractivity contribution is -0.138. The standard InChI is InChI=1S/C21H20F6O2/c1-2-10-19(29,15-6-4-8-17(13-15)21(25,26)27)11-9-18(28)14-5-3-7-16(12-14)20(22,23)24/h2-8,12-13,18,28-29H,1,9-11H2/t18-,19-/m1/s1. The Kier molecular flexibility index (Phi) is 6.80. The zero-order valence-electron chi connectivity index (χ0n) is 15.3. The minimum absolute atomic E-state index is 0.00446. The van der Waals surface area contributed by atoms with E-state index in [-0.39, 0.29) is 30.4 Å². The molecule has 0 spiro atoms. The number of aliphatic hydroxyl groups is 2. The summed E-state index contributed by atoms with van der Waals surface area (Å²) in [6.45, 7) is 3.50. The zero-order valence-corrected chi connectivity index (χ0v) is 15.3. The van der Waals surface area contributed by atoms with Crippen molar-refractivity contribution in [2.75, 3.05) is 0 Å². The third-order valence-corrected chi connectivity index (χ3v) is 4.64. The first kappa shape index (κ1) is 23.0.